The van der Waals surface area contributed by atoms with Crippen molar-refractivity contribution in [2.45, 2.75) is 27.0 Å². The molecule has 0 bridgehead atoms. The summed E-state index contributed by atoms with van der Waals surface area (Å²) in [5, 5.41) is 11.4. The number of nitrogens with zero attached hydrogens (tertiary/aromatic N) is 2. The molecule has 0 aromatic carbocycles. The molecule has 2 rings (SSSR count). The predicted octanol–water partition coefficient (Wildman–Crippen LogP) is 2.39. The summed E-state index contributed by atoms with van der Waals surface area (Å²) < 4.78 is 10.6. The molecule has 19 heavy (non-hydrogen) atoms. The van der Waals surface area contributed by atoms with Gasteiger partial charge in [0.15, 0.2) is 0 Å². The van der Waals surface area contributed by atoms with Crippen molar-refractivity contribution >= 4 is 0 Å². The maximum Gasteiger partial charge on any atom is 0.233 e. The van der Waals surface area contributed by atoms with Gasteiger partial charge in [-0.25, -0.2) is 0 Å². The van der Waals surface area contributed by atoms with Crippen molar-refractivity contribution in [3.63, 3.8) is 0 Å². The van der Waals surface area contributed by atoms with Crippen LogP contribution in [0.25, 0.3) is 0 Å². The lowest BCUT2D eigenvalue weighted by molar-refractivity contribution is 0.257. The molecule has 0 atom stereocenters. The van der Waals surface area contributed by atoms with Gasteiger partial charge in [0.1, 0.15) is 12.4 Å². The SMILES string of the molecule is CC(C)CNCc1ccc(OCc2ccco2)nn1. The molecule has 0 aliphatic carbocycles. The highest BCUT2D eigenvalue weighted by Crippen LogP contribution is 2.09. The van der Waals surface area contributed by atoms with Gasteiger partial charge in [0.25, 0.3) is 0 Å². The number of aromatic nitrogens is 2. The molecule has 0 radical (unpaired) electrons. The standard InChI is InChI=1S/C14H19N3O2/c1-11(2)8-15-9-12-5-6-14(17-16-12)19-10-13-4-3-7-18-13/h3-7,11,15H,8-10H2,1-2H3. The van der Waals surface area contributed by atoms with Crippen LogP contribution < -0.4 is 10.1 Å². The molecule has 0 aliphatic heterocycles. The van der Waals surface area contributed by atoms with Gasteiger partial charge in [-0.1, -0.05) is 13.8 Å². The molecule has 1 N–H and O–H groups in total. The van der Waals surface area contributed by atoms with E-state index in [0.29, 0.717) is 18.4 Å². The number of hydrogen-bond acceptors (Lipinski definition) is 5. The first-order valence-electron chi connectivity index (χ1n) is 6.42. The Bertz CT molecular complexity index is 466. The molecule has 0 amide bonds. The molecule has 5 nitrogen and oxygen atoms in total. The van der Waals surface area contributed by atoms with Gasteiger partial charge in [0.05, 0.1) is 12.0 Å². The average Bonchev–Trinajstić information content (AvgIpc) is 2.90. The summed E-state index contributed by atoms with van der Waals surface area (Å²) >= 11 is 0. The summed E-state index contributed by atoms with van der Waals surface area (Å²) in [6.07, 6.45) is 1.62. The minimum Gasteiger partial charge on any atom is -0.468 e. The average molecular weight is 261 g/mol. The molecule has 0 saturated heterocycles. The maximum atomic E-state index is 5.46. The van der Waals surface area contributed by atoms with Gasteiger partial charge in [0.2, 0.25) is 5.88 Å². The largest absolute Gasteiger partial charge is 0.468 e. The van der Waals surface area contributed by atoms with Crippen LogP contribution in [0.15, 0.2) is 34.9 Å². The van der Waals surface area contributed by atoms with Crippen molar-refractivity contribution in [2.24, 2.45) is 5.92 Å². The van der Waals surface area contributed by atoms with Crippen LogP contribution in [-0.4, -0.2) is 16.7 Å². The van der Waals surface area contributed by atoms with Crippen molar-refractivity contribution in [1.29, 1.82) is 0 Å². The van der Waals surface area contributed by atoms with Crippen molar-refractivity contribution in [3.8, 4) is 5.88 Å². The lowest BCUT2D eigenvalue weighted by Gasteiger charge is -2.07. The minimum absolute atomic E-state index is 0.368. The summed E-state index contributed by atoms with van der Waals surface area (Å²) in [6.45, 7) is 6.41. The summed E-state index contributed by atoms with van der Waals surface area (Å²) in [4.78, 5) is 0. The van der Waals surface area contributed by atoms with E-state index < -0.39 is 0 Å². The Balaban J connectivity index is 1.77. The first kappa shape index (κ1) is 13.5. The third-order valence-electron chi connectivity index (χ3n) is 2.50. The summed E-state index contributed by atoms with van der Waals surface area (Å²) in [6, 6.07) is 7.42. The summed E-state index contributed by atoms with van der Waals surface area (Å²) in [5.74, 6) is 1.90. The first-order chi connectivity index (χ1) is 9.24. The molecular weight excluding hydrogens is 242 g/mol. The number of hydrogen-bond donors (Lipinski definition) is 1. The second-order valence-electron chi connectivity index (χ2n) is 4.76. The molecule has 0 saturated carbocycles. The monoisotopic (exact) mass is 261 g/mol. The molecule has 5 heteroatoms. The molecule has 2 aromatic rings. The second kappa shape index (κ2) is 6.89. The van der Waals surface area contributed by atoms with Gasteiger partial charge in [0, 0.05) is 12.6 Å². The van der Waals surface area contributed by atoms with E-state index in [0.717, 1.165) is 24.5 Å². The fourth-order valence-corrected chi connectivity index (χ4v) is 1.55. The van der Waals surface area contributed by atoms with E-state index in [2.05, 4.69) is 29.4 Å². The number of nitrogens with one attached hydrogen (secondary N) is 1. The molecule has 2 aromatic heterocycles. The molecule has 2 heterocycles. The van der Waals surface area contributed by atoms with Crippen LogP contribution in [0.2, 0.25) is 0 Å². The van der Waals surface area contributed by atoms with Crippen LogP contribution in [0.1, 0.15) is 25.3 Å². The molecule has 0 spiro atoms. The highest BCUT2D eigenvalue weighted by molar-refractivity contribution is 5.12. The Kier molecular flexibility index (Phi) is 4.92. The third-order valence-corrected chi connectivity index (χ3v) is 2.50. The van der Waals surface area contributed by atoms with Crippen molar-refractivity contribution in [3.05, 3.63) is 42.0 Å². The minimum atomic E-state index is 0.368. The van der Waals surface area contributed by atoms with E-state index in [-0.39, 0.29) is 0 Å². The number of ether oxygens (including phenoxy) is 1. The lowest BCUT2D eigenvalue weighted by atomic mass is 10.2. The fraction of sp³-hybridized carbons (Fsp3) is 0.429. The van der Waals surface area contributed by atoms with Gasteiger partial charge in [-0.2, -0.15) is 5.10 Å². The third kappa shape index (κ3) is 4.71. The predicted molar refractivity (Wildman–Crippen MR) is 71.6 cm³/mol. The van der Waals surface area contributed by atoms with Gasteiger partial charge in [-0.05, 0) is 30.7 Å². The van der Waals surface area contributed by atoms with Crippen molar-refractivity contribution < 1.29 is 9.15 Å². The molecule has 102 valence electrons. The Labute approximate surface area is 113 Å². The molecule has 0 aliphatic rings. The van der Waals surface area contributed by atoms with Crippen LogP contribution in [0.3, 0.4) is 0 Å². The van der Waals surface area contributed by atoms with E-state index in [1.165, 1.54) is 0 Å². The normalized spacial score (nSPS) is 10.9. The van der Waals surface area contributed by atoms with Crippen LogP contribution in [0.4, 0.5) is 0 Å². The van der Waals surface area contributed by atoms with Crippen LogP contribution >= 0.6 is 0 Å². The van der Waals surface area contributed by atoms with Crippen LogP contribution in [0.5, 0.6) is 5.88 Å². The number of furan rings is 1. The Hall–Kier alpha value is -1.88. The van der Waals surface area contributed by atoms with Gasteiger partial charge in [-0.15, -0.1) is 5.10 Å². The molecular formula is C14H19N3O2. The van der Waals surface area contributed by atoms with Crippen LogP contribution in [0, 0.1) is 5.92 Å². The fourth-order valence-electron chi connectivity index (χ4n) is 1.55. The van der Waals surface area contributed by atoms with E-state index in [1.54, 1.807) is 6.26 Å². The van der Waals surface area contributed by atoms with E-state index in [9.17, 15) is 0 Å². The Morgan fingerprint density at radius 2 is 2.16 bits per heavy atom. The zero-order valence-electron chi connectivity index (χ0n) is 11.3. The Morgan fingerprint density at radius 3 is 2.79 bits per heavy atom. The topological polar surface area (TPSA) is 60.2 Å². The van der Waals surface area contributed by atoms with Gasteiger partial charge >= 0.3 is 0 Å². The maximum absolute atomic E-state index is 5.46. The lowest BCUT2D eigenvalue weighted by Crippen LogP contribution is -2.19. The van der Waals surface area contributed by atoms with Crippen LogP contribution in [-0.2, 0) is 13.2 Å². The smallest absolute Gasteiger partial charge is 0.233 e. The molecule has 0 fully saturated rings. The zero-order chi connectivity index (χ0) is 13.5. The zero-order valence-corrected chi connectivity index (χ0v) is 11.3. The van der Waals surface area contributed by atoms with E-state index in [1.807, 2.05) is 24.3 Å². The highest BCUT2D eigenvalue weighted by atomic mass is 16.5. The van der Waals surface area contributed by atoms with E-state index >= 15 is 0 Å². The highest BCUT2D eigenvalue weighted by Gasteiger charge is 2.01. The quantitative estimate of drug-likeness (QED) is 0.829. The first-order valence-corrected chi connectivity index (χ1v) is 6.42. The second-order valence-corrected chi connectivity index (χ2v) is 4.76. The van der Waals surface area contributed by atoms with E-state index in [4.69, 9.17) is 9.15 Å². The molecule has 0 unspecified atom stereocenters. The summed E-state index contributed by atoms with van der Waals surface area (Å²) in [5.41, 5.74) is 0.908. The summed E-state index contributed by atoms with van der Waals surface area (Å²) in [7, 11) is 0. The van der Waals surface area contributed by atoms with Gasteiger partial charge in [-0.3, -0.25) is 0 Å². The Morgan fingerprint density at radius 1 is 1.26 bits per heavy atom. The van der Waals surface area contributed by atoms with Crippen molar-refractivity contribution in [1.82, 2.24) is 15.5 Å². The van der Waals surface area contributed by atoms with Crippen molar-refractivity contribution in [2.75, 3.05) is 6.54 Å². The van der Waals surface area contributed by atoms with Gasteiger partial charge < -0.3 is 14.5 Å². The number of rotatable bonds is 7.